The van der Waals surface area contributed by atoms with Crippen LogP contribution in [-0.2, 0) is 22.5 Å². The first-order valence-corrected chi connectivity index (χ1v) is 10.2. The van der Waals surface area contributed by atoms with E-state index in [0.717, 1.165) is 10.5 Å². The SMILES string of the molecule is CC(C)(C)OC(=O)N1CCc2cc(C(=O)NCC(=O)N3CC(F)(F)C[C@H]3C#N)cnc2C1. The summed E-state index contributed by atoms with van der Waals surface area (Å²) in [6.07, 6.45) is 0.666. The molecule has 3 heterocycles. The standard InChI is InChI=1S/C21H25F2N5O4/c1-20(2,3)32-19(31)27-5-4-13-6-14(9-25-16(13)11-27)18(30)26-10-17(29)28-12-21(22,23)7-15(28)8-24/h6,9,15H,4-5,7,10-12H2,1-3H3,(H,26,30)/t15-/m0/s1. The van der Waals surface area contributed by atoms with Gasteiger partial charge in [0.1, 0.15) is 11.6 Å². The van der Waals surface area contributed by atoms with Gasteiger partial charge in [-0.05, 0) is 38.8 Å². The van der Waals surface area contributed by atoms with Crippen molar-refractivity contribution >= 4 is 17.9 Å². The van der Waals surface area contributed by atoms with E-state index in [1.165, 1.54) is 11.1 Å². The summed E-state index contributed by atoms with van der Waals surface area (Å²) >= 11 is 0. The summed E-state index contributed by atoms with van der Waals surface area (Å²) in [6, 6.07) is 2.11. The molecule has 3 rings (SSSR count). The number of nitriles is 1. The molecule has 0 aromatic carbocycles. The average molecular weight is 449 g/mol. The minimum absolute atomic E-state index is 0.214. The molecule has 0 bridgehead atoms. The Balaban J connectivity index is 1.58. The van der Waals surface area contributed by atoms with Gasteiger partial charge in [0.25, 0.3) is 11.8 Å². The molecule has 0 radical (unpaired) electrons. The number of amides is 3. The summed E-state index contributed by atoms with van der Waals surface area (Å²) in [5, 5.41) is 11.4. The molecule has 1 aromatic heterocycles. The van der Waals surface area contributed by atoms with Crippen molar-refractivity contribution in [3.8, 4) is 6.07 Å². The Labute approximate surface area is 184 Å². The maximum Gasteiger partial charge on any atom is 0.410 e. The van der Waals surface area contributed by atoms with Gasteiger partial charge in [0.15, 0.2) is 0 Å². The molecule has 1 saturated heterocycles. The van der Waals surface area contributed by atoms with Gasteiger partial charge in [-0.2, -0.15) is 5.26 Å². The van der Waals surface area contributed by atoms with Gasteiger partial charge in [0, 0.05) is 19.2 Å². The molecule has 9 nitrogen and oxygen atoms in total. The highest BCUT2D eigenvalue weighted by atomic mass is 19.3. The molecule has 0 saturated carbocycles. The maximum absolute atomic E-state index is 13.5. The number of carbonyl (C=O) groups is 3. The van der Waals surface area contributed by atoms with E-state index >= 15 is 0 Å². The van der Waals surface area contributed by atoms with Crippen LogP contribution in [-0.4, -0.2) is 69.9 Å². The van der Waals surface area contributed by atoms with Crippen LogP contribution in [0.2, 0.25) is 0 Å². The normalized spacial score (nSPS) is 19.7. The molecule has 0 unspecified atom stereocenters. The molecule has 2 aliphatic rings. The molecule has 0 aliphatic carbocycles. The Morgan fingerprint density at radius 3 is 2.75 bits per heavy atom. The Morgan fingerprint density at radius 1 is 1.38 bits per heavy atom. The van der Waals surface area contributed by atoms with Crippen molar-refractivity contribution < 1.29 is 27.9 Å². The second-order valence-corrected chi connectivity index (χ2v) is 8.89. The van der Waals surface area contributed by atoms with Crippen molar-refractivity contribution in [2.45, 2.75) is 57.7 Å². The van der Waals surface area contributed by atoms with Crippen LogP contribution in [0.25, 0.3) is 0 Å². The van der Waals surface area contributed by atoms with Crippen LogP contribution in [0.3, 0.4) is 0 Å². The van der Waals surface area contributed by atoms with Gasteiger partial charge in [0.2, 0.25) is 5.91 Å². The molecular weight excluding hydrogens is 424 g/mol. The van der Waals surface area contributed by atoms with Crippen molar-refractivity contribution in [1.82, 2.24) is 20.1 Å². The minimum Gasteiger partial charge on any atom is -0.444 e. The molecule has 1 fully saturated rings. The molecule has 3 amide bonds. The third kappa shape index (κ3) is 5.49. The lowest BCUT2D eigenvalue weighted by atomic mass is 10.0. The summed E-state index contributed by atoms with van der Waals surface area (Å²) in [5.74, 6) is -4.45. The van der Waals surface area contributed by atoms with Crippen LogP contribution >= 0.6 is 0 Å². The van der Waals surface area contributed by atoms with Crippen LogP contribution < -0.4 is 5.32 Å². The van der Waals surface area contributed by atoms with Crippen molar-refractivity contribution in [2.75, 3.05) is 19.6 Å². The highest BCUT2D eigenvalue weighted by Crippen LogP contribution is 2.31. The highest BCUT2D eigenvalue weighted by molar-refractivity contribution is 5.96. The van der Waals surface area contributed by atoms with E-state index in [4.69, 9.17) is 10.00 Å². The monoisotopic (exact) mass is 449 g/mol. The summed E-state index contributed by atoms with van der Waals surface area (Å²) in [5.41, 5.74) is 1.05. The number of nitrogens with zero attached hydrogens (tertiary/aromatic N) is 4. The number of nitrogens with one attached hydrogen (secondary N) is 1. The predicted octanol–water partition coefficient (Wildman–Crippen LogP) is 1.86. The number of rotatable bonds is 3. The largest absolute Gasteiger partial charge is 0.444 e. The number of hydrogen-bond donors (Lipinski definition) is 1. The maximum atomic E-state index is 13.5. The highest BCUT2D eigenvalue weighted by Gasteiger charge is 2.47. The molecular formula is C21H25F2N5O4. The molecule has 1 atom stereocenters. The molecule has 172 valence electrons. The van der Waals surface area contributed by atoms with Crippen LogP contribution in [0.15, 0.2) is 12.3 Å². The Kier molecular flexibility index (Phi) is 6.34. The Morgan fingerprint density at radius 2 is 2.09 bits per heavy atom. The number of halogens is 2. The molecule has 0 spiro atoms. The number of carbonyl (C=O) groups excluding carboxylic acids is 3. The van der Waals surface area contributed by atoms with Gasteiger partial charge >= 0.3 is 6.09 Å². The summed E-state index contributed by atoms with van der Waals surface area (Å²) < 4.78 is 32.4. The van der Waals surface area contributed by atoms with E-state index in [0.29, 0.717) is 18.7 Å². The van der Waals surface area contributed by atoms with Gasteiger partial charge in [-0.25, -0.2) is 13.6 Å². The zero-order chi connectivity index (χ0) is 23.7. The Bertz CT molecular complexity index is 970. The van der Waals surface area contributed by atoms with Crippen LogP contribution in [0.1, 0.15) is 48.8 Å². The predicted molar refractivity (Wildman–Crippen MR) is 108 cm³/mol. The van der Waals surface area contributed by atoms with Gasteiger partial charge in [-0.1, -0.05) is 0 Å². The summed E-state index contributed by atoms with van der Waals surface area (Å²) in [4.78, 5) is 43.5. The second-order valence-electron chi connectivity index (χ2n) is 8.89. The first-order chi connectivity index (χ1) is 14.9. The molecule has 1 N–H and O–H groups in total. The van der Waals surface area contributed by atoms with Crippen molar-refractivity contribution in [3.63, 3.8) is 0 Å². The van der Waals surface area contributed by atoms with Gasteiger partial charge in [-0.15, -0.1) is 0 Å². The van der Waals surface area contributed by atoms with Crippen LogP contribution in [0.5, 0.6) is 0 Å². The van der Waals surface area contributed by atoms with E-state index in [2.05, 4.69) is 10.3 Å². The number of alkyl halides is 2. The lowest BCUT2D eigenvalue weighted by Crippen LogP contribution is -2.43. The van der Waals surface area contributed by atoms with Gasteiger partial charge < -0.3 is 19.9 Å². The number of pyridine rings is 1. The lowest BCUT2D eigenvalue weighted by molar-refractivity contribution is -0.131. The van der Waals surface area contributed by atoms with E-state index < -0.39 is 55.0 Å². The number of hydrogen-bond acceptors (Lipinski definition) is 6. The van der Waals surface area contributed by atoms with Crippen molar-refractivity contribution in [2.24, 2.45) is 0 Å². The van der Waals surface area contributed by atoms with Crippen molar-refractivity contribution in [1.29, 1.82) is 5.26 Å². The third-order valence-electron chi connectivity index (χ3n) is 5.10. The van der Waals surface area contributed by atoms with Crippen LogP contribution in [0, 0.1) is 11.3 Å². The molecule has 32 heavy (non-hydrogen) atoms. The quantitative estimate of drug-likeness (QED) is 0.753. The van der Waals surface area contributed by atoms with E-state index in [1.54, 1.807) is 32.9 Å². The second kappa shape index (κ2) is 8.68. The third-order valence-corrected chi connectivity index (χ3v) is 5.10. The zero-order valence-corrected chi connectivity index (χ0v) is 18.2. The number of fused-ring (bicyclic) bond motifs is 1. The summed E-state index contributed by atoms with van der Waals surface area (Å²) in [7, 11) is 0. The fourth-order valence-electron chi connectivity index (χ4n) is 3.57. The van der Waals surface area contributed by atoms with Crippen LogP contribution in [0.4, 0.5) is 13.6 Å². The smallest absolute Gasteiger partial charge is 0.410 e. The van der Waals surface area contributed by atoms with Crippen molar-refractivity contribution in [3.05, 3.63) is 29.1 Å². The van der Waals surface area contributed by atoms with E-state index in [1.807, 2.05) is 0 Å². The Hall–Kier alpha value is -3.29. The number of likely N-dealkylation sites (tertiary alicyclic amines) is 1. The minimum atomic E-state index is -3.12. The topological polar surface area (TPSA) is 116 Å². The number of ether oxygens (including phenoxy) is 1. The first kappa shape index (κ1) is 23.4. The number of aromatic nitrogens is 1. The van der Waals surface area contributed by atoms with Gasteiger partial charge in [-0.3, -0.25) is 14.6 Å². The lowest BCUT2D eigenvalue weighted by Gasteiger charge is -2.30. The fourth-order valence-corrected chi connectivity index (χ4v) is 3.57. The zero-order valence-electron chi connectivity index (χ0n) is 18.2. The van der Waals surface area contributed by atoms with Gasteiger partial charge in [0.05, 0.1) is 37.0 Å². The fraction of sp³-hybridized carbons (Fsp3) is 0.571. The van der Waals surface area contributed by atoms with E-state index in [9.17, 15) is 23.2 Å². The first-order valence-electron chi connectivity index (χ1n) is 10.2. The molecule has 2 aliphatic heterocycles. The van der Waals surface area contributed by atoms with E-state index in [-0.39, 0.29) is 12.1 Å². The molecule has 11 heteroatoms. The average Bonchev–Trinajstić information content (AvgIpc) is 3.04. The molecule has 1 aromatic rings. The summed E-state index contributed by atoms with van der Waals surface area (Å²) in [6.45, 7) is 4.67.